The molecule has 1 aliphatic heterocycles. The molecule has 126 valence electrons. The first-order valence-electron chi connectivity index (χ1n) is 8.47. The minimum Gasteiger partial charge on any atom is -0.352 e. The van der Waals surface area contributed by atoms with Gasteiger partial charge in [0, 0.05) is 19.0 Å². The number of hydrogen-bond donors (Lipinski definition) is 1. The normalized spacial score (nSPS) is 23.1. The minimum atomic E-state index is -0.244. The zero-order chi connectivity index (χ0) is 17.1. The monoisotopic (exact) mass is 326 g/mol. The number of amides is 3. The topological polar surface area (TPSA) is 66.5 Å². The molecule has 24 heavy (non-hydrogen) atoms. The molecule has 3 amide bonds. The number of hydrogen-bond acceptors (Lipinski definition) is 3. The van der Waals surface area contributed by atoms with Crippen molar-refractivity contribution in [1.82, 2.24) is 10.2 Å². The summed E-state index contributed by atoms with van der Waals surface area (Å²) in [7, 11) is 0. The molecule has 1 aromatic carbocycles. The third-order valence-corrected chi connectivity index (χ3v) is 4.96. The molecule has 1 fully saturated rings. The summed E-state index contributed by atoms with van der Waals surface area (Å²) in [5.41, 5.74) is 0.928. The molecule has 2 aliphatic rings. The quantitative estimate of drug-likeness (QED) is 0.667. The Bertz CT molecular complexity index is 648. The van der Waals surface area contributed by atoms with Crippen LogP contribution in [0.3, 0.4) is 0 Å². The van der Waals surface area contributed by atoms with E-state index in [1.165, 1.54) is 4.90 Å². The van der Waals surface area contributed by atoms with Crippen LogP contribution in [0.5, 0.6) is 0 Å². The average molecular weight is 326 g/mol. The molecule has 5 nitrogen and oxygen atoms in total. The van der Waals surface area contributed by atoms with Gasteiger partial charge in [-0.2, -0.15) is 0 Å². The van der Waals surface area contributed by atoms with Crippen molar-refractivity contribution in [2.75, 3.05) is 13.1 Å². The number of nitrogens with one attached hydrogen (secondary N) is 1. The van der Waals surface area contributed by atoms with Gasteiger partial charge in [0.2, 0.25) is 5.91 Å². The Morgan fingerprint density at radius 3 is 2.42 bits per heavy atom. The van der Waals surface area contributed by atoms with Crippen LogP contribution in [0.4, 0.5) is 0 Å². The molecular formula is C19H22N2O3. The van der Waals surface area contributed by atoms with Crippen LogP contribution in [0, 0.1) is 11.8 Å². The summed E-state index contributed by atoms with van der Waals surface area (Å²) in [5, 5.41) is 2.85. The largest absolute Gasteiger partial charge is 0.352 e. The number of rotatable bonds is 5. The van der Waals surface area contributed by atoms with E-state index >= 15 is 0 Å². The fourth-order valence-corrected chi connectivity index (χ4v) is 3.71. The number of carbonyl (C=O) groups excluding carboxylic acids is 3. The van der Waals surface area contributed by atoms with Crippen molar-refractivity contribution in [3.05, 3.63) is 48.0 Å². The summed E-state index contributed by atoms with van der Waals surface area (Å²) < 4.78 is 0. The van der Waals surface area contributed by atoms with Gasteiger partial charge in [0.05, 0.1) is 11.1 Å². The summed E-state index contributed by atoms with van der Waals surface area (Å²) in [5.74, 6) is -0.622. The third kappa shape index (κ3) is 2.98. The van der Waals surface area contributed by atoms with Crippen LogP contribution in [-0.2, 0) is 4.79 Å². The number of imide groups is 1. The molecule has 0 spiro atoms. The molecular weight excluding hydrogens is 304 g/mol. The van der Waals surface area contributed by atoms with Gasteiger partial charge in [0.15, 0.2) is 0 Å². The number of carbonyl (C=O) groups is 3. The van der Waals surface area contributed by atoms with Gasteiger partial charge in [-0.1, -0.05) is 31.1 Å². The lowest BCUT2D eigenvalue weighted by Gasteiger charge is -2.32. The second kappa shape index (κ2) is 6.99. The maximum Gasteiger partial charge on any atom is 0.261 e. The molecule has 1 N–H and O–H groups in total. The molecule has 0 saturated heterocycles. The Labute approximate surface area is 141 Å². The predicted molar refractivity (Wildman–Crippen MR) is 90.5 cm³/mol. The molecule has 0 bridgehead atoms. The average Bonchev–Trinajstić information content (AvgIpc) is 2.85. The molecule has 1 aliphatic carbocycles. The van der Waals surface area contributed by atoms with Crippen LogP contribution in [0.2, 0.25) is 0 Å². The van der Waals surface area contributed by atoms with E-state index < -0.39 is 0 Å². The Morgan fingerprint density at radius 1 is 1.17 bits per heavy atom. The van der Waals surface area contributed by atoms with Gasteiger partial charge in [-0.05, 0) is 30.9 Å². The van der Waals surface area contributed by atoms with Crippen LogP contribution in [0.15, 0.2) is 36.9 Å². The van der Waals surface area contributed by atoms with Gasteiger partial charge >= 0.3 is 0 Å². The maximum atomic E-state index is 12.5. The summed E-state index contributed by atoms with van der Waals surface area (Å²) in [4.78, 5) is 38.7. The second-order valence-electron chi connectivity index (χ2n) is 6.45. The lowest BCUT2D eigenvalue weighted by Crippen LogP contribution is -2.43. The van der Waals surface area contributed by atoms with Crippen molar-refractivity contribution in [2.45, 2.75) is 25.7 Å². The van der Waals surface area contributed by atoms with Gasteiger partial charge in [-0.25, -0.2) is 0 Å². The molecule has 2 unspecified atom stereocenters. The van der Waals surface area contributed by atoms with Crippen molar-refractivity contribution in [1.29, 1.82) is 0 Å². The molecule has 0 radical (unpaired) electrons. The van der Waals surface area contributed by atoms with E-state index in [2.05, 4.69) is 11.9 Å². The van der Waals surface area contributed by atoms with E-state index in [0.29, 0.717) is 24.2 Å². The lowest BCUT2D eigenvalue weighted by atomic mass is 9.78. The lowest BCUT2D eigenvalue weighted by molar-refractivity contribution is -0.127. The second-order valence-corrected chi connectivity index (χ2v) is 6.45. The van der Waals surface area contributed by atoms with Crippen molar-refractivity contribution >= 4 is 17.7 Å². The van der Waals surface area contributed by atoms with Gasteiger partial charge < -0.3 is 5.32 Å². The fourth-order valence-electron chi connectivity index (χ4n) is 3.71. The minimum absolute atomic E-state index is 0.00351. The van der Waals surface area contributed by atoms with E-state index in [-0.39, 0.29) is 29.6 Å². The molecule has 1 saturated carbocycles. The Kier molecular flexibility index (Phi) is 4.79. The van der Waals surface area contributed by atoms with Crippen LogP contribution < -0.4 is 5.32 Å². The van der Waals surface area contributed by atoms with Crippen LogP contribution in [-0.4, -0.2) is 35.7 Å². The van der Waals surface area contributed by atoms with Crippen molar-refractivity contribution < 1.29 is 14.4 Å². The third-order valence-electron chi connectivity index (χ3n) is 4.96. The van der Waals surface area contributed by atoms with E-state index in [1.807, 2.05) is 0 Å². The van der Waals surface area contributed by atoms with Crippen LogP contribution in [0.25, 0.3) is 0 Å². The highest BCUT2D eigenvalue weighted by atomic mass is 16.2. The number of nitrogens with zero attached hydrogens (tertiary/aromatic N) is 1. The Hall–Kier alpha value is -2.43. The van der Waals surface area contributed by atoms with E-state index in [4.69, 9.17) is 0 Å². The highest BCUT2D eigenvalue weighted by molar-refractivity contribution is 6.21. The molecule has 1 aromatic rings. The fraction of sp³-hybridized carbons (Fsp3) is 0.421. The van der Waals surface area contributed by atoms with Crippen LogP contribution >= 0.6 is 0 Å². The first kappa shape index (κ1) is 16.4. The highest BCUT2D eigenvalue weighted by Gasteiger charge is 2.39. The first-order valence-corrected chi connectivity index (χ1v) is 8.47. The van der Waals surface area contributed by atoms with E-state index in [9.17, 15) is 14.4 Å². The summed E-state index contributed by atoms with van der Waals surface area (Å²) in [6.45, 7) is 4.37. The highest BCUT2D eigenvalue weighted by Crippen LogP contribution is 2.33. The standard InChI is InChI=1S/C19H22N2O3/c1-2-11-20-17(22)14-8-4-3-7-13(14)12-21-18(23)15-9-5-6-10-16(15)19(21)24/h2,5-6,9-10,13-14H,1,3-4,7-8,11-12H2,(H,20,22). The summed E-state index contributed by atoms with van der Waals surface area (Å²) >= 11 is 0. The van der Waals surface area contributed by atoms with E-state index in [1.54, 1.807) is 30.3 Å². The molecule has 0 aromatic heterocycles. The number of benzene rings is 1. The smallest absolute Gasteiger partial charge is 0.261 e. The predicted octanol–water partition coefficient (Wildman–Crippen LogP) is 2.39. The first-order chi connectivity index (χ1) is 11.6. The van der Waals surface area contributed by atoms with Crippen LogP contribution in [0.1, 0.15) is 46.4 Å². The number of fused-ring (bicyclic) bond motifs is 1. The molecule has 3 rings (SSSR count). The zero-order valence-corrected chi connectivity index (χ0v) is 13.7. The van der Waals surface area contributed by atoms with Crippen molar-refractivity contribution in [3.8, 4) is 0 Å². The van der Waals surface area contributed by atoms with Gasteiger partial charge in [-0.15, -0.1) is 6.58 Å². The van der Waals surface area contributed by atoms with Crippen molar-refractivity contribution in [2.24, 2.45) is 11.8 Å². The van der Waals surface area contributed by atoms with Gasteiger partial charge in [-0.3, -0.25) is 19.3 Å². The summed E-state index contributed by atoms with van der Waals surface area (Å²) in [6, 6.07) is 6.90. The molecule has 1 heterocycles. The SMILES string of the molecule is C=CCNC(=O)C1CCCCC1CN1C(=O)c2ccccc2C1=O. The molecule has 5 heteroatoms. The Morgan fingerprint density at radius 2 is 1.79 bits per heavy atom. The maximum absolute atomic E-state index is 12.5. The van der Waals surface area contributed by atoms with E-state index in [0.717, 1.165) is 25.7 Å². The van der Waals surface area contributed by atoms with Gasteiger partial charge in [0.1, 0.15) is 0 Å². The molecule has 2 atom stereocenters. The Balaban J connectivity index is 1.74. The summed E-state index contributed by atoms with van der Waals surface area (Å²) in [6.07, 6.45) is 5.35. The van der Waals surface area contributed by atoms with Gasteiger partial charge in [0.25, 0.3) is 11.8 Å². The zero-order valence-electron chi connectivity index (χ0n) is 13.7. The van der Waals surface area contributed by atoms with Crippen molar-refractivity contribution in [3.63, 3.8) is 0 Å².